The summed E-state index contributed by atoms with van der Waals surface area (Å²) in [5.41, 5.74) is 6.87. The number of hydrogen-bond acceptors (Lipinski definition) is 0. The molecule has 0 aromatic carbocycles. The van der Waals surface area contributed by atoms with Crippen LogP contribution >= 0.6 is 7.92 Å². The van der Waals surface area contributed by atoms with Gasteiger partial charge < -0.3 is 0 Å². The molecule has 0 aromatic rings. The van der Waals surface area contributed by atoms with Crippen LogP contribution in [0.25, 0.3) is 0 Å². The van der Waals surface area contributed by atoms with Crippen LogP contribution in [0.2, 0.25) is 0 Å². The van der Waals surface area contributed by atoms with Gasteiger partial charge in [-0.15, -0.1) is 0 Å². The quantitative estimate of drug-likeness (QED) is 0.466. The van der Waals surface area contributed by atoms with Crippen LogP contribution in [-0.2, 0) is 0 Å². The summed E-state index contributed by atoms with van der Waals surface area (Å²) in [5.74, 6) is 0. The Morgan fingerprint density at radius 3 is 1.27 bits per heavy atom. The van der Waals surface area contributed by atoms with Crippen LogP contribution in [0.15, 0.2) is 45.1 Å². The van der Waals surface area contributed by atoms with Crippen LogP contribution in [0.5, 0.6) is 0 Å². The van der Waals surface area contributed by atoms with Crippen LogP contribution in [0, 0.1) is 10.8 Å². The fourth-order valence-electron chi connectivity index (χ4n) is 3.32. The van der Waals surface area contributed by atoms with Gasteiger partial charge in [0.25, 0.3) is 0 Å². The lowest BCUT2D eigenvalue weighted by Gasteiger charge is -2.25. The summed E-state index contributed by atoms with van der Waals surface area (Å²) in [4.78, 5) is 0. The van der Waals surface area contributed by atoms with E-state index in [1.807, 2.05) is 0 Å². The topological polar surface area (TPSA) is 0 Å². The molecule has 0 unspecified atom stereocenters. The van der Waals surface area contributed by atoms with Gasteiger partial charge in [-0.25, -0.2) is 0 Å². The molecule has 0 bridgehead atoms. The summed E-state index contributed by atoms with van der Waals surface area (Å²) >= 11 is 0. The minimum Gasteiger partial charge on any atom is -0.0601 e. The Hall–Kier alpha value is -0.610. The molecular weight excluding hydrogens is 283 g/mol. The molecule has 0 radical (unpaired) electrons. The van der Waals surface area contributed by atoms with E-state index in [-0.39, 0.29) is 7.92 Å². The molecule has 0 saturated heterocycles. The van der Waals surface area contributed by atoms with Crippen LogP contribution in [-0.4, -0.2) is 6.66 Å². The summed E-state index contributed by atoms with van der Waals surface area (Å²) in [5, 5.41) is 3.41. The molecule has 2 rings (SSSR count). The lowest BCUT2D eigenvalue weighted by atomic mass is 9.86. The molecule has 0 aromatic heterocycles. The van der Waals surface area contributed by atoms with Gasteiger partial charge >= 0.3 is 0 Å². The molecule has 0 heterocycles. The van der Waals surface area contributed by atoms with Gasteiger partial charge in [-0.05, 0) is 66.0 Å². The van der Waals surface area contributed by atoms with Gasteiger partial charge in [0.15, 0.2) is 0 Å². The highest BCUT2D eigenvalue weighted by Gasteiger charge is 2.30. The van der Waals surface area contributed by atoms with Gasteiger partial charge in [0.2, 0.25) is 0 Å². The molecule has 0 saturated carbocycles. The molecule has 2 aliphatic rings. The van der Waals surface area contributed by atoms with E-state index in [1.54, 1.807) is 21.8 Å². The van der Waals surface area contributed by atoms with Crippen molar-refractivity contribution >= 4 is 7.92 Å². The molecule has 0 spiro atoms. The molecule has 2 aliphatic carbocycles. The SMILES string of the molecule is CC1=C(P(C)C2=C(C)C=C(C(C)(C)C)C2)CC(C(C)(C)C)=C1. The van der Waals surface area contributed by atoms with Crippen molar-refractivity contribution in [1.82, 2.24) is 0 Å². The normalized spacial score (nSPS) is 20.3. The predicted molar refractivity (Wildman–Crippen MR) is 103 cm³/mol. The van der Waals surface area contributed by atoms with Crippen molar-refractivity contribution in [3.63, 3.8) is 0 Å². The molecule has 0 N–H and O–H groups in total. The van der Waals surface area contributed by atoms with Crippen molar-refractivity contribution in [1.29, 1.82) is 0 Å². The van der Waals surface area contributed by atoms with Gasteiger partial charge in [-0.3, -0.25) is 0 Å². The van der Waals surface area contributed by atoms with E-state index in [1.165, 1.54) is 24.0 Å². The monoisotopic (exact) mass is 316 g/mol. The highest BCUT2D eigenvalue weighted by Crippen LogP contribution is 2.61. The first-order valence-electron chi connectivity index (χ1n) is 8.46. The zero-order valence-electron chi connectivity index (χ0n) is 16.0. The van der Waals surface area contributed by atoms with E-state index in [0.717, 1.165) is 0 Å². The first-order valence-corrected chi connectivity index (χ1v) is 10.3. The third-order valence-corrected chi connectivity index (χ3v) is 7.79. The first kappa shape index (κ1) is 17.7. The first-order chi connectivity index (χ1) is 9.91. The van der Waals surface area contributed by atoms with Gasteiger partial charge in [0, 0.05) is 0 Å². The number of allylic oxidation sites excluding steroid dienone is 8. The average Bonchev–Trinajstić information content (AvgIpc) is 2.90. The molecule has 0 amide bonds. The fourth-order valence-corrected chi connectivity index (χ4v) is 5.65. The zero-order chi connectivity index (χ0) is 16.9. The molecule has 22 heavy (non-hydrogen) atoms. The largest absolute Gasteiger partial charge is 0.0601 e. The second kappa shape index (κ2) is 5.79. The Bertz CT molecular complexity index is 541. The zero-order valence-corrected chi connectivity index (χ0v) is 16.9. The Balaban J connectivity index is 2.18. The van der Waals surface area contributed by atoms with Crippen molar-refractivity contribution in [2.75, 3.05) is 6.66 Å². The molecule has 0 nitrogen and oxygen atoms in total. The van der Waals surface area contributed by atoms with E-state index in [9.17, 15) is 0 Å². The Labute approximate surface area is 139 Å². The second-order valence-corrected chi connectivity index (χ2v) is 11.2. The van der Waals surface area contributed by atoms with E-state index < -0.39 is 0 Å². The standard InChI is InChI=1S/C21H33P/c1-14-10-16(20(3,4)5)12-18(14)22(9)19-13-17(11-15(19)2)21(6,7)8/h10-11H,12-13H2,1-9H3. The van der Waals surface area contributed by atoms with Crippen LogP contribution in [0.1, 0.15) is 68.2 Å². The third-order valence-electron chi connectivity index (χ3n) is 5.14. The van der Waals surface area contributed by atoms with Gasteiger partial charge in [-0.1, -0.05) is 72.8 Å². The van der Waals surface area contributed by atoms with Gasteiger partial charge in [0.1, 0.15) is 0 Å². The maximum Gasteiger partial charge on any atom is -0.00485 e. The highest BCUT2D eigenvalue weighted by atomic mass is 31.1. The molecule has 0 fully saturated rings. The molecule has 0 atom stereocenters. The van der Waals surface area contributed by atoms with Crippen molar-refractivity contribution in [3.05, 3.63) is 45.1 Å². The maximum absolute atomic E-state index is 2.48. The number of rotatable bonds is 2. The summed E-state index contributed by atoms with van der Waals surface area (Å²) in [6, 6.07) is 0. The van der Waals surface area contributed by atoms with E-state index in [0.29, 0.717) is 10.8 Å². The van der Waals surface area contributed by atoms with Gasteiger partial charge in [-0.2, -0.15) is 0 Å². The smallest absolute Gasteiger partial charge is 0.00485 e. The van der Waals surface area contributed by atoms with Crippen molar-refractivity contribution in [3.8, 4) is 0 Å². The Morgan fingerprint density at radius 1 is 0.727 bits per heavy atom. The summed E-state index contributed by atoms with van der Waals surface area (Å²) in [7, 11) is -0.154. The maximum atomic E-state index is 2.48. The Kier molecular flexibility index (Phi) is 4.67. The van der Waals surface area contributed by atoms with E-state index in [2.05, 4.69) is 74.2 Å². The van der Waals surface area contributed by atoms with Crippen LogP contribution < -0.4 is 0 Å². The highest BCUT2D eigenvalue weighted by molar-refractivity contribution is 7.65. The Morgan fingerprint density at radius 2 is 1.05 bits per heavy atom. The summed E-state index contributed by atoms with van der Waals surface area (Å²) < 4.78 is 0. The van der Waals surface area contributed by atoms with Crippen LogP contribution in [0.4, 0.5) is 0 Å². The second-order valence-electron chi connectivity index (χ2n) is 9.01. The van der Waals surface area contributed by atoms with Crippen LogP contribution in [0.3, 0.4) is 0 Å². The lowest BCUT2D eigenvalue weighted by molar-refractivity contribution is 0.495. The predicted octanol–water partition coefficient (Wildman–Crippen LogP) is 7.40. The third kappa shape index (κ3) is 3.48. The lowest BCUT2D eigenvalue weighted by Crippen LogP contribution is -2.08. The number of hydrogen-bond donors (Lipinski definition) is 0. The minimum absolute atomic E-state index is 0.154. The van der Waals surface area contributed by atoms with Crippen molar-refractivity contribution in [2.45, 2.75) is 68.2 Å². The molecule has 122 valence electrons. The molecule has 1 heteroatoms. The average molecular weight is 316 g/mol. The van der Waals surface area contributed by atoms with Gasteiger partial charge in [0.05, 0.1) is 0 Å². The fraction of sp³-hybridized carbons (Fsp3) is 0.619. The molecular formula is C21H33P. The summed E-state index contributed by atoms with van der Waals surface area (Å²) in [6.07, 6.45) is 7.30. The minimum atomic E-state index is -0.154. The van der Waals surface area contributed by atoms with E-state index in [4.69, 9.17) is 0 Å². The summed E-state index contributed by atoms with van der Waals surface area (Å²) in [6.45, 7) is 21.1. The van der Waals surface area contributed by atoms with Crippen molar-refractivity contribution < 1.29 is 0 Å². The molecule has 0 aliphatic heterocycles. The van der Waals surface area contributed by atoms with E-state index >= 15 is 0 Å². The van der Waals surface area contributed by atoms with Crippen molar-refractivity contribution in [2.24, 2.45) is 10.8 Å².